The number of hydrogen-bond acceptors (Lipinski definition) is 2. The minimum atomic E-state index is -0.387. The molecule has 1 aliphatic rings. The summed E-state index contributed by atoms with van der Waals surface area (Å²) in [5.74, 6) is 0.716. The molecule has 1 aliphatic heterocycles. The molecule has 0 fully saturated rings. The second-order valence-corrected chi connectivity index (χ2v) is 3.19. The summed E-state index contributed by atoms with van der Waals surface area (Å²) in [7, 11) is 0. The minimum absolute atomic E-state index is 0.387. The van der Waals surface area contributed by atoms with Crippen LogP contribution in [0, 0.1) is 0 Å². The maximum absolute atomic E-state index is 10.5. The lowest BCUT2D eigenvalue weighted by Gasteiger charge is -2.18. The quantitative estimate of drug-likeness (QED) is 0.507. The molecule has 0 aromatic heterocycles. The molecule has 0 saturated carbocycles. The third-order valence-corrected chi connectivity index (χ3v) is 2.43. The number of ether oxygens (including phenoxy) is 1. The third-order valence-electron chi connectivity index (χ3n) is 1.94. The van der Waals surface area contributed by atoms with Crippen LogP contribution in [0.5, 0.6) is 5.75 Å². The Bertz CT molecular complexity index is 371. The average molecular weight is 195 g/mol. The van der Waals surface area contributed by atoms with E-state index in [0.717, 1.165) is 5.56 Å². The van der Waals surface area contributed by atoms with E-state index in [1.165, 1.54) is 6.26 Å². The van der Waals surface area contributed by atoms with E-state index in [1.807, 2.05) is 24.3 Å². The second-order valence-electron chi connectivity index (χ2n) is 2.75. The number of alkyl halides is 1. The van der Waals surface area contributed by atoms with E-state index in [4.69, 9.17) is 16.3 Å². The van der Waals surface area contributed by atoms with Crippen LogP contribution < -0.4 is 4.74 Å². The van der Waals surface area contributed by atoms with Crippen LogP contribution >= 0.6 is 11.6 Å². The molecule has 0 N–H and O–H groups in total. The van der Waals surface area contributed by atoms with Crippen molar-refractivity contribution in [2.24, 2.45) is 0 Å². The van der Waals surface area contributed by atoms with Crippen molar-refractivity contribution in [2.75, 3.05) is 0 Å². The van der Waals surface area contributed by atoms with Gasteiger partial charge in [-0.1, -0.05) is 18.2 Å². The number of fused-ring (bicyclic) bond motifs is 1. The number of aldehydes is 1. The van der Waals surface area contributed by atoms with Gasteiger partial charge in [-0.15, -0.1) is 11.6 Å². The first-order valence-electron chi connectivity index (χ1n) is 3.88. The highest BCUT2D eigenvalue weighted by Crippen LogP contribution is 2.37. The number of para-hydroxylation sites is 1. The molecule has 0 radical (unpaired) electrons. The Morgan fingerprint density at radius 3 is 2.92 bits per heavy atom. The van der Waals surface area contributed by atoms with Gasteiger partial charge in [0.15, 0.2) is 6.29 Å². The number of hydrogen-bond donors (Lipinski definition) is 0. The van der Waals surface area contributed by atoms with E-state index in [2.05, 4.69) is 0 Å². The summed E-state index contributed by atoms with van der Waals surface area (Å²) in [4.78, 5) is 10.5. The van der Waals surface area contributed by atoms with Crippen molar-refractivity contribution in [2.45, 2.75) is 5.38 Å². The van der Waals surface area contributed by atoms with Gasteiger partial charge in [-0.2, -0.15) is 0 Å². The van der Waals surface area contributed by atoms with Gasteiger partial charge in [0.2, 0.25) is 0 Å². The lowest BCUT2D eigenvalue weighted by Crippen LogP contribution is -2.06. The number of benzene rings is 1. The molecule has 0 bridgehead atoms. The standard InChI is InChI=1S/C10H7ClO2/c11-10-7(5-12)6-13-9-4-2-1-3-8(9)10/h1-6,10H. The lowest BCUT2D eigenvalue weighted by atomic mass is 10.0. The van der Waals surface area contributed by atoms with Gasteiger partial charge >= 0.3 is 0 Å². The van der Waals surface area contributed by atoms with Gasteiger partial charge in [0, 0.05) is 11.1 Å². The summed E-state index contributed by atoms with van der Waals surface area (Å²) in [5.41, 5.74) is 1.30. The summed E-state index contributed by atoms with van der Waals surface area (Å²) in [6, 6.07) is 7.40. The maximum Gasteiger partial charge on any atom is 0.150 e. The fourth-order valence-corrected chi connectivity index (χ4v) is 1.54. The van der Waals surface area contributed by atoms with Crippen molar-refractivity contribution < 1.29 is 9.53 Å². The van der Waals surface area contributed by atoms with Crippen molar-refractivity contribution in [1.29, 1.82) is 0 Å². The average Bonchev–Trinajstić information content (AvgIpc) is 2.19. The van der Waals surface area contributed by atoms with E-state index >= 15 is 0 Å². The first-order valence-corrected chi connectivity index (χ1v) is 4.31. The fourth-order valence-electron chi connectivity index (χ4n) is 1.26. The van der Waals surface area contributed by atoms with Gasteiger partial charge in [-0.3, -0.25) is 4.79 Å². The van der Waals surface area contributed by atoms with Crippen LogP contribution in [0.4, 0.5) is 0 Å². The van der Waals surface area contributed by atoms with Crippen molar-refractivity contribution in [3.05, 3.63) is 41.7 Å². The molecule has 0 amide bonds. The lowest BCUT2D eigenvalue weighted by molar-refractivity contribution is -0.105. The molecule has 0 saturated heterocycles. The van der Waals surface area contributed by atoms with E-state index in [0.29, 0.717) is 17.6 Å². The molecule has 1 atom stereocenters. The molecular weight excluding hydrogens is 188 g/mol. The van der Waals surface area contributed by atoms with Crippen LogP contribution in [-0.4, -0.2) is 6.29 Å². The van der Waals surface area contributed by atoms with Gasteiger partial charge in [0.1, 0.15) is 5.75 Å². The number of rotatable bonds is 1. The Balaban J connectivity index is 2.46. The van der Waals surface area contributed by atoms with E-state index in [-0.39, 0.29) is 5.38 Å². The summed E-state index contributed by atoms with van der Waals surface area (Å²) >= 11 is 6.03. The van der Waals surface area contributed by atoms with Crippen LogP contribution in [0.25, 0.3) is 0 Å². The molecule has 3 heteroatoms. The summed E-state index contributed by atoms with van der Waals surface area (Å²) in [6.07, 6.45) is 2.11. The first kappa shape index (κ1) is 8.32. The highest BCUT2D eigenvalue weighted by Gasteiger charge is 2.21. The smallest absolute Gasteiger partial charge is 0.150 e. The Morgan fingerprint density at radius 2 is 2.15 bits per heavy atom. The van der Waals surface area contributed by atoms with Crippen LogP contribution in [0.2, 0.25) is 0 Å². The van der Waals surface area contributed by atoms with Gasteiger partial charge in [0.25, 0.3) is 0 Å². The van der Waals surface area contributed by atoms with Crippen LogP contribution in [0.1, 0.15) is 10.9 Å². The Morgan fingerprint density at radius 1 is 1.38 bits per heavy atom. The van der Waals surface area contributed by atoms with Gasteiger partial charge in [0.05, 0.1) is 11.6 Å². The predicted octanol–water partition coefficient (Wildman–Crippen LogP) is 2.44. The maximum atomic E-state index is 10.5. The zero-order valence-electron chi connectivity index (χ0n) is 6.74. The van der Waals surface area contributed by atoms with E-state index in [1.54, 1.807) is 0 Å². The molecule has 0 spiro atoms. The van der Waals surface area contributed by atoms with Crippen molar-refractivity contribution in [3.63, 3.8) is 0 Å². The number of carbonyl (C=O) groups excluding carboxylic acids is 1. The first-order chi connectivity index (χ1) is 6.33. The zero-order valence-corrected chi connectivity index (χ0v) is 7.49. The highest BCUT2D eigenvalue weighted by molar-refractivity contribution is 6.24. The largest absolute Gasteiger partial charge is 0.464 e. The van der Waals surface area contributed by atoms with Crippen LogP contribution in [0.3, 0.4) is 0 Å². The van der Waals surface area contributed by atoms with Crippen LogP contribution in [0.15, 0.2) is 36.1 Å². The van der Waals surface area contributed by atoms with Crippen molar-refractivity contribution in [3.8, 4) is 5.75 Å². The van der Waals surface area contributed by atoms with Crippen LogP contribution in [-0.2, 0) is 4.79 Å². The van der Waals surface area contributed by atoms with E-state index in [9.17, 15) is 4.79 Å². The zero-order chi connectivity index (χ0) is 9.26. The SMILES string of the molecule is O=CC1=COc2ccccc2C1Cl. The fraction of sp³-hybridized carbons (Fsp3) is 0.100. The number of carbonyl (C=O) groups is 1. The van der Waals surface area contributed by atoms with E-state index < -0.39 is 0 Å². The van der Waals surface area contributed by atoms with Gasteiger partial charge in [-0.05, 0) is 6.07 Å². The molecule has 2 rings (SSSR count). The van der Waals surface area contributed by atoms with Crippen molar-refractivity contribution >= 4 is 17.9 Å². The Hall–Kier alpha value is -1.28. The molecule has 13 heavy (non-hydrogen) atoms. The Kier molecular flexibility index (Phi) is 2.07. The third kappa shape index (κ3) is 1.33. The highest BCUT2D eigenvalue weighted by atomic mass is 35.5. The topological polar surface area (TPSA) is 26.3 Å². The monoisotopic (exact) mass is 194 g/mol. The summed E-state index contributed by atoms with van der Waals surface area (Å²) in [6.45, 7) is 0. The second kappa shape index (κ2) is 3.23. The molecule has 2 nitrogen and oxygen atoms in total. The Labute approximate surface area is 80.8 Å². The molecular formula is C10H7ClO2. The minimum Gasteiger partial charge on any atom is -0.464 e. The molecule has 66 valence electrons. The molecule has 0 aliphatic carbocycles. The number of halogens is 1. The summed E-state index contributed by atoms with van der Waals surface area (Å²) < 4.78 is 5.22. The molecule has 1 heterocycles. The van der Waals surface area contributed by atoms with Gasteiger partial charge < -0.3 is 4.74 Å². The molecule has 1 aromatic rings. The number of allylic oxidation sites excluding steroid dienone is 1. The van der Waals surface area contributed by atoms with Crippen molar-refractivity contribution in [1.82, 2.24) is 0 Å². The predicted molar refractivity (Wildman–Crippen MR) is 49.8 cm³/mol. The normalized spacial score (nSPS) is 19.8. The molecule has 1 unspecified atom stereocenters. The summed E-state index contributed by atoms with van der Waals surface area (Å²) in [5, 5.41) is -0.387. The van der Waals surface area contributed by atoms with Gasteiger partial charge in [-0.25, -0.2) is 0 Å². The molecule has 1 aromatic carbocycles.